The largest absolute Gasteiger partial charge is 0.330 e. The standard InChI is InChI=1S/C9H17N/c1-4-5-9(6-7-10)8(2)3/h5,8-9H,1,6-7,10H2,2-3H3. The van der Waals surface area contributed by atoms with E-state index in [-0.39, 0.29) is 0 Å². The number of rotatable bonds is 4. The zero-order valence-electron chi connectivity index (χ0n) is 6.93. The molecule has 0 aromatic heterocycles. The third-order valence-corrected chi connectivity index (χ3v) is 1.69. The van der Waals surface area contributed by atoms with Gasteiger partial charge in [0.05, 0.1) is 0 Å². The van der Waals surface area contributed by atoms with Gasteiger partial charge in [0.15, 0.2) is 0 Å². The molecule has 58 valence electrons. The van der Waals surface area contributed by atoms with Gasteiger partial charge in [0.1, 0.15) is 0 Å². The van der Waals surface area contributed by atoms with Gasteiger partial charge in [-0.05, 0) is 30.9 Å². The minimum Gasteiger partial charge on any atom is -0.330 e. The summed E-state index contributed by atoms with van der Waals surface area (Å²) < 4.78 is 0. The Morgan fingerprint density at radius 3 is 2.50 bits per heavy atom. The fourth-order valence-electron chi connectivity index (χ4n) is 0.953. The first-order valence-corrected chi connectivity index (χ1v) is 3.78. The Morgan fingerprint density at radius 1 is 1.60 bits per heavy atom. The highest BCUT2D eigenvalue weighted by atomic mass is 14.5. The van der Waals surface area contributed by atoms with Gasteiger partial charge in [-0.15, -0.1) is 5.73 Å². The number of allylic oxidation sites excluding steroid dienone is 1. The molecule has 0 aromatic carbocycles. The molecule has 1 unspecified atom stereocenters. The molecule has 0 amide bonds. The lowest BCUT2D eigenvalue weighted by Gasteiger charge is -2.13. The van der Waals surface area contributed by atoms with E-state index in [0.717, 1.165) is 13.0 Å². The zero-order valence-corrected chi connectivity index (χ0v) is 6.93. The summed E-state index contributed by atoms with van der Waals surface area (Å²) in [6, 6.07) is 0. The van der Waals surface area contributed by atoms with Crippen molar-refractivity contribution < 1.29 is 0 Å². The molecule has 0 aromatic rings. The monoisotopic (exact) mass is 139 g/mol. The molecule has 1 nitrogen and oxygen atoms in total. The molecule has 0 saturated heterocycles. The predicted molar refractivity (Wildman–Crippen MR) is 45.7 cm³/mol. The lowest BCUT2D eigenvalue weighted by Crippen LogP contribution is -2.11. The quantitative estimate of drug-likeness (QED) is 0.592. The lowest BCUT2D eigenvalue weighted by molar-refractivity contribution is 0.442. The van der Waals surface area contributed by atoms with Crippen LogP contribution in [0.3, 0.4) is 0 Å². The summed E-state index contributed by atoms with van der Waals surface area (Å²) in [4.78, 5) is 0. The molecule has 0 aliphatic rings. The summed E-state index contributed by atoms with van der Waals surface area (Å²) in [6.45, 7) is 8.67. The van der Waals surface area contributed by atoms with E-state index < -0.39 is 0 Å². The predicted octanol–water partition coefficient (Wildman–Crippen LogP) is 1.95. The molecule has 1 heteroatoms. The zero-order chi connectivity index (χ0) is 7.98. The van der Waals surface area contributed by atoms with E-state index >= 15 is 0 Å². The first kappa shape index (κ1) is 9.48. The molecular weight excluding hydrogens is 122 g/mol. The summed E-state index contributed by atoms with van der Waals surface area (Å²) in [5.74, 6) is 1.21. The third kappa shape index (κ3) is 3.49. The van der Waals surface area contributed by atoms with Crippen LogP contribution in [0, 0.1) is 11.8 Å². The molecule has 0 heterocycles. The molecule has 0 radical (unpaired) electrons. The van der Waals surface area contributed by atoms with Crippen molar-refractivity contribution in [1.29, 1.82) is 0 Å². The second-order valence-electron chi connectivity index (χ2n) is 2.86. The van der Waals surface area contributed by atoms with Crippen molar-refractivity contribution in [1.82, 2.24) is 0 Å². The smallest absolute Gasteiger partial charge is 0.00713 e. The summed E-state index contributed by atoms with van der Waals surface area (Å²) in [7, 11) is 0. The molecule has 0 bridgehead atoms. The Kier molecular flexibility index (Phi) is 5.00. The van der Waals surface area contributed by atoms with E-state index in [2.05, 4.69) is 26.2 Å². The molecule has 10 heavy (non-hydrogen) atoms. The van der Waals surface area contributed by atoms with Crippen molar-refractivity contribution in [2.75, 3.05) is 6.54 Å². The maximum absolute atomic E-state index is 5.43. The van der Waals surface area contributed by atoms with Gasteiger partial charge in [0, 0.05) is 0 Å². The van der Waals surface area contributed by atoms with Crippen LogP contribution in [0.2, 0.25) is 0 Å². The molecular formula is C9H17N. The molecule has 0 aliphatic carbocycles. The first-order chi connectivity index (χ1) is 4.72. The van der Waals surface area contributed by atoms with Crippen molar-refractivity contribution in [3.8, 4) is 0 Å². The van der Waals surface area contributed by atoms with E-state index in [9.17, 15) is 0 Å². The Bertz CT molecular complexity index is 121. The van der Waals surface area contributed by atoms with E-state index in [4.69, 9.17) is 5.73 Å². The van der Waals surface area contributed by atoms with Crippen molar-refractivity contribution >= 4 is 0 Å². The second-order valence-corrected chi connectivity index (χ2v) is 2.86. The van der Waals surface area contributed by atoms with Gasteiger partial charge in [-0.3, -0.25) is 0 Å². The van der Waals surface area contributed by atoms with Crippen LogP contribution in [0.1, 0.15) is 20.3 Å². The summed E-state index contributed by atoms with van der Waals surface area (Å²) in [6.07, 6.45) is 3.05. The number of hydrogen-bond donors (Lipinski definition) is 1. The number of hydrogen-bond acceptors (Lipinski definition) is 1. The fraction of sp³-hybridized carbons (Fsp3) is 0.667. The first-order valence-electron chi connectivity index (χ1n) is 3.78. The Morgan fingerprint density at radius 2 is 2.20 bits per heavy atom. The Balaban J connectivity index is 3.84. The average molecular weight is 139 g/mol. The highest BCUT2D eigenvalue weighted by Gasteiger charge is 2.07. The molecule has 0 rings (SSSR count). The van der Waals surface area contributed by atoms with Crippen LogP contribution < -0.4 is 5.73 Å². The van der Waals surface area contributed by atoms with Crippen LogP contribution in [0.4, 0.5) is 0 Å². The van der Waals surface area contributed by atoms with Gasteiger partial charge in [0.25, 0.3) is 0 Å². The highest BCUT2D eigenvalue weighted by Crippen LogP contribution is 2.14. The van der Waals surface area contributed by atoms with E-state index in [1.807, 2.05) is 6.08 Å². The van der Waals surface area contributed by atoms with Gasteiger partial charge in [-0.1, -0.05) is 20.4 Å². The normalized spacial score (nSPS) is 12.8. The molecule has 0 spiro atoms. The van der Waals surface area contributed by atoms with Gasteiger partial charge in [-0.25, -0.2) is 0 Å². The summed E-state index contributed by atoms with van der Waals surface area (Å²) in [5, 5.41) is 0. The van der Waals surface area contributed by atoms with Gasteiger partial charge in [-0.2, -0.15) is 0 Å². The SMILES string of the molecule is C=C=CC(CCN)C(C)C. The average Bonchev–Trinajstić information content (AvgIpc) is 1.87. The summed E-state index contributed by atoms with van der Waals surface area (Å²) >= 11 is 0. The van der Waals surface area contributed by atoms with Crippen LogP contribution in [-0.2, 0) is 0 Å². The van der Waals surface area contributed by atoms with Gasteiger partial charge < -0.3 is 5.73 Å². The van der Waals surface area contributed by atoms with Crippen molar-refractivity contribution in [2.24, 2.45) is 17.6 Å². The van der Waals surface area contributed by atoms with Gasteiger partial charge >= 0.3 is 0 Å². The lowest BCUT2D eigenvalue weighted by atomic mass is 9.93. The maximum atomic E-state index is 5.43. The third-order valence-electron chi connectivity index (χ3n) is 1.69. The van der Waals surface area contributed by atoms with Crippen LogP contribution in [0.5, 0.6) is 0 Å². The van der Waals surface area contributed by atoms with Crippen LogP contribution in [0.25, 0.3) is 0 Å². The molecule has 1 atom stereocenters. The molecule has 2 N–H and O–H groups in total. The second kappa shape index (κ2) is 5.28. The molecule has 0 aliphatic heterocycles. The summed E-state index contributed by atoms with van der Waals surface area (Å²) in [5.41, 5.74) is 8.23. The van der Waals surface area contributed by atoms with Crippen molar-refractivity contribution in [2.45, 2.75) is 20.3 Å². The highest BCUT2D eigenvalue weighted by molar-refractivity contribution is 4.86. The minimum absolute atomic E-state index is 0.558. The Labute approximate surface area is 63.6 Å². The van der Waals surface area contributed by atoms with Crippen LogP contribution >= 0.6 is 0 Å². The maximum Gasteiger partial charge on any atom is -0.00713 e. The Hall–Kier alpha value is -0.520. The topological polar surface area (TPSA) is 26.0 Å². The van der Waals surface area contributed by atoms with E-state index in [1.165, 1.54) is 0 Å². The minimum atomic E-state index is 0.558. The number of nitrogens with two attached hydrogens (primary N) is 1. The molecule has 0 saturated carbocycles. The van der Waals surface area contributed by atoms with Crippen molar-refractivity contribution in [3.63, 3.8) is 0 Å². The van der Waals surface area contributed by atoms with E-state index in [0.29, 0.717) is 11.8 Å². The van der Waals surface area contributed by atoms with Crippen molar-refractivity contribution in [3.05, 3.63) is 18.4 Å². The molecule has 0 fully saturated rings. The fourth-order valence-corrected chi connectivity index (χ4v) is 0.953. The van der Waals surface area contributed by atoms with Gasteiger partial charge in [0.2, 0.25) is 0 Å². The van der Waals surface area contributed by atoms with Crippen LogP contribution in [-0.4, -0.2) is 6.54 Å². The van der Waals surface area contributed by atoms with E-state index in [1.54, 1.807) is 0 Å². The van der Waals surface area contributed by atoms with Crippen LogP contribution in [0.15, 0.2) is 18.4 Å².